The smallest absolute Gasteiger partial charge is 0.262 e. The number of nitrogens with zero attached hydrogens (tertiary/aromatic N) is 1. The molecule has 140 valence electrons. The lowest BCUT2D eigenvalue weighted by Crippen LogP contribution is -2.40. The van der Waals surface area contributed by atoms with Crippen LogP contribution in [-0.4, -0.2) is 34.9 Å². The van der Waals surface area contributed by atoms with E-state index in [1.54, 1.807) is 48.5 Å². The Morgan fingerprint density at radius 3 is 2.32 bits per heavy atom. The van der Waals surface area contributed by atoms with Crippen LogP contribution < -0.4 is 5.32 Å². The van der Waals surface area contributed by atoms with Crippen LogP contribution in [0.15, 0.2) is 59.2 Å². The van der Waals surface area contributed by atoms with E-state index in [1.165, 1.54) is 17.6 Å². The summed E-state index contributed by atoms with van der Waals surface area (Å²) >= 11 is 1.24. The second-order valence-corrected chi connectivity index (χ2v) is 7.26. The maximum atomic E-state index is 12.3. The Balaban J connectivity index is 1.35. The lowest BCUT2D eigenvalue weighted by molar-refractivity contribution is -0.121. The van der Waals surface area contributed by atoms with Crippen molar-refractivity contribution in [3.63, 3.8) is 0 Å². The molecule has 0 aliphatic carbocycles. The Hall–Kier alpha value is -3.52. The van der Waals surface area contributed by atoms with Crippen LogP contribution in [0.2, 0.25) is 0 Å². The van der Waals surface area contributed by atoms with Gasteiger partial charge in [-0.25, -0.2) is 0 Å². The number of fused-ring (bicyclic) bond motifs is 1. The van der Waals surface area contributed by atoms with Gasteiger partial charge in [0.05, 0.1) is 28.8 Å². The molecule has 3 aromatic rings. The maximum absolute atomic E-state index is 12.3. The lowest BCUT2D eigenvalue weighted by Gasteiger charge is -2.13. The van der Waals surface area contributed by atoms with E-state index in [0.29, 0.717) is 16.0 Å². The first-order valence-electron chi connectivity index (χ1n) is 8.43. The fraction of sp³-hybridized carbons (Fsp3) is 0.100. The molecule has 1 aliphatic rings. The van der Waals surface area contributed by atoms with Gasteiger partial charge in [-0.15, -0.1) is 11.3 Å². The summed E-state index contributed by atoms with van der Waals surface area (Å²) in [6, 6.07) is 13.1. The van der Waals surface area contributed by atoms with Gasteiger partial charge in [0.1, 0.15) is 6.54 Å². The highest BCUT2D eigenvalue weighted by Crippen LogP contribution is 2.22. The predicted molar refractivity (Wildman–Crippen MR) is 100 cm³/mol. The first-order chi connectivity index (χ1) is 13.5. The first-order valence-corrected chi connectivity index (χ1v) is 9.25. The molecule has 2 aromatic heterocycles. The summed E-state index contributed by atoms with van der Waals surface area (Å²) in [6.45, 7) is -0.159. The van der Waals surface area contributed by atoms with E-state index in [4.69, 9.17) is 4.42 Å². The Bertz CT molecular complexity index is 1050. The normalized spacial score (nSPS) is 12.9. The number of ketones is 1. The molecule has 1 N–H and O–H groups in total. The number of carbonyl (C=O) groups excluding carboxylic acids is 4. The Morgan fingerprint density at radius 1 is 0.964 bits per heavy atom. The second kappa shape index (κ2) is 7.24. The van der Waals surface area contributed by atoms with Crippen molar-refractivity contribution in [1.82, 2.24) is 10.2 Å². The molecule has 1 aliphatic heterocycles. The van der Waals surface area contributed by atoms with E-state index in [9.17, 15) is 19.2 Å². The number of carbonyl (C=O) groups is 4. The van der Waals surface area contributed by atoms with Crippen LogP contribution in [0.3, 0.4) is 0 Å². The van der Waals surface area contributed by atoms with Crippen LogP contribution in [0.4, 0.5) is 0 Å². The molecule has 0 saturated heterocycles. The molecule has 0 atom stereocenters. The van der Waals surface area contributed by atoms with Gasteiger partial charge >= 0.3 is 0 Å². The number of nitrogens with one attached hydrogen (secondary N) is 1. The molecule has 0 spiro atoms. The summed E-state index contributed by atoms with van der Waals surface area (Å²) in [5, 5.41) is 2.67. The zero-order chi connectivity index (χ0) is 19.7. The largest absolute Gasteiger partial charge is 0.461 e. The summed E-state index contributed by atoms with van der Waals surface area (Å²) in [7, 11) is 0. The molecule has 0 radical (unpaired) electrons. The van der Waals surface area contributed by atoms with E-state index in [1.807, 2.05) is 0 Å². The quantitative estimate of drug-likeness (QED) is 0.512. The average molecular weight is 394 g/mol. The standard InChI is InChI=1S/C20H14N2O5S/c23-17(11-22-19(25)13-4-1-2-5-14(13)20(22)26)21-10-12-7-8-16(28-12)18(24)15-6-3-9-27-15/h1-9H,10-11H2,(H,21,23). The van der Waals surface area contributed by atoms with Crippen LogP contribution in [0, 0.1) is 0 Å². The van der Waals surface area contributed by atoms with Crippen LogP contribution in [0.25, 0.3) is 0 Å². The molecule has 0 saturated carbocycles. The second-order valence-electron chi connectivity index (χ2n) is 6.09. The van der Waals surface area contributed by atoms with Crippen molar-refractivity contribution in [1.29, 1.82) is 0 Å². The van der Waals surface area contributed by atoms with Crippen LogP contribution in [0.5, 0.6) is 0 Å². The molecular weight excluding hydrogens is 380 g/mol. The van der Waals surface area contributed by atoms with Gasteiger partial charge in [-0.05, 0) is 36.4 Å². The van der Waals surface area contributed by atoms with Crippen molar-refractivity contribution in [2.45, 2.75) is 6.54 Å². The predicted octanol–water partition coefficient (Wildman–Crippen LogP) is 2.48. The lowest BCUT2D eigenvalue weighted by atomic mass is 10.1. The first kappa shape index (κ1) is 17.9. The van der Waals surface area contributed by atoms with Crippen molar-refractivity contribution in [2.24, 2.45) is 0 Å². The van der Waals surface area contributed by atoms with Gasteiger partial charge in [-0.2, -0.15) is 0 Å². The Kier molecular flexibility index (Phi) is 4.62. The van der Waals surface area contributed by atoms with Gasteiger partial charge in [0.25, 0.3) is 11.8 Å². The molecule has 0 bridgehead atoms. The highest BCUT2D eigenvalue weighted by Gasteiger charge is 2.36. The third-order valence-corrected chi connectivity index (χ3v) is 5.35. The fourth-order valence-electron chi connectivity index (χ4n) is 2.89. The zero-order valence-corrected chi connectivity index (χ0v) is 15.3. The molecule has 8 heteroatoms. The van der Waals surface area contributed by atoms with Crippen molar-refractivity contribution < 1.29 is 23.6 Å². The number of hydrogen-bond donors (Lipinski definition) is 1. The molecule has 4 rings (SSSR count). The van der Waals surface area contributed by atoms with E-state index >= 15 is 0 Å². The number of benzene rings is 1. The number of furan rings is 1. The van der Waals surface area contributed by atoms with E-state index in [-0.39, 0.29) is 24.6 Å². The SMILES string of the molecule is O=C(CN1C(=O)c2ccccc2C1=O)NCc1ccc(C(=O)c2ccco2)s1. The van der Waals surface area contributed by atoms with E-state index < -0.39 is 17.7 Å². The Labute approximate surface area is 163 Å². The van der Waals surface area contributed by atoms with Gasteiger partial charge in [0.15, 0.2) is 5.76 Å². The highest BCUT2D eigenvalue weighted by atomic mass is 32.1. The number of amides is 3. The van der Waals surface area contributed by atoms with E-state index in [2.05, 4.69) is 5.32 Å². The monoisotopic (exact) mass is 394 g/mol. The minimum atomic E-state index is -0.474. The van der Waals surface area contributed by atoms with E-state index in [0.717, 1.165) is 9.78 Å². The number of hydrogen-bond acceptors (Lipinski definition) is 6. The summed E-state index contributed by atoms with van der Waals surface area (Å²) < 4.78 is 5.10. The zero-order valence-electron chi connectivity index (χ0n) is 14.5. The van der Waals surface area contributed by atoms with Crippen molar-refractivity contribution in [3.05, 3.63) is 81.4 Å². The third kappa shape index (κ3) is 3.25. The molecule has 0 fully saturated rings. The molecule has 3 amide bonds. The number of rotatable bonds is 6. The summed E-state index contributed by atoms with van der Waals surface area (Å²) in [5.41, 5.74) is 0.610. The third-order valence-electron chi connectivity index (χ3n) is 4.27. The summed E-state index contributed by atoms with van der Waals surface area (Å²) in [5.74, 6) is -1.38. The fourth-order valence-corrected chi connectivity index (χ4v) is 3.78. The van der Waals surface area contributed by atoms with Crippen LogP contribution >= 0.6 is 11.3 Å². The van der Waals surface area contributed by atoms with Crippen LogP contribution in [0.1, 0.15) is 41.0 Å². The summed E-state index contributed by atoms with van der Waals surface area (Å²) in [4.78, 5) is 51.2. The van der Waals surface area contributed by atoms with Gasteiger partial charge in [-0.3, -0.25) is 24.1 Å². The number of imide groups is 1. The molecule has 3 heterocycles. The minimum Gasteiger partial charge on any atom is -0.461 e. The molecule has 7 nitrogen and oxygen atoms in total. The minimum absolute atomic E-state index is 0.193. The average Bonchev–Trinajstić information content (AvgIpc) is 3.44. The Morgan fingerprint density at radius 2 is 1.68 bits per heavy atom. The van der Waals surface area contributed by atoms with Gasteiger partial charge in [0.2, 0.25) is 11.7 Å². The van der Waals surface area contributed by atoms with Crippen molar-refractivity contribution >= 4 is 34.8 Å². The van der Waals surface area contributed by atoms with Gasteiger partial charge in [-0.1, -0.05) is 12.1 Å². The van der Waals surface area contributed by atoms with Crippen molar-refractivity contribution in [3.8, 4) is 0 Å². The summed E-state index contributed by atoms with van der Waals surface area (Å²) in [6.07, 6.45) is 1.43. The molecule has 28 heavy (non-hydrogen) atoms. The van der Waals surface area contributed by atoms with Crippen molar-refractivity contribution in [2.75, 3.05) is 6.54 Å². The maximum Gasteiger partial charge on any atom is 0.262 e. The highest BCUT2D eigenvalue weighted by molar-refractivity contribution is 7.14. The van der Waals surface area contributed by atoms with Gasteiger partial charge in [0, 0.05) is 4.88 Å². The molecular formula is C20H14N2O5S. The molecule has 0 unspecified atom stereocenters. The topological polar surface area (TPSA) is 96.7 Å². The molecule has 1 aromatic carbocycles. The van der Waals surface area contributed by atoms with Crippen LogP contribution in [-0.2, 0) is 11.3 Å². The van der Waals surface area contributed by atoms with Gasteiger partial charge < -0.3 is 9.73 Å². The number of thiophene rings is 1.